The summed E-state index contributed by atoms with van der Waals surface area (Å²) in [6.07, 6.45) is -1.86. The number of aliphatic hydroxyl groups excluding tert-OH is 1. The van der Waals surface area contributed by atoms with Crippen LogP contribution in [0.1, 0.15) is 17.2 Å². The van der Waals surface area contributed by atoms with Crippen molar-refractivity contribution in [3.05, 3.63) is 53.1 Å². The Morgan fingerprint density at radius 2 is 1.81 bits per heavy atom. The zero-order valence-electron chi connectivity index (χ0n) is 10.8. The predicted octanol–water partition coefficient (Wildman–Crippen LogP) is 2.41. The number of ether oxygens (including phenoxy) is 1. The molecular formula is C15H12F2O4. The summed E-state index contributed by atoms with van der Waals surface area (Å²) in [7, 11) is 0. The molecule has 1 aliphatic rings. The van der Waals surface area contributed by atoms with Crippen molar-refractivity contribution in [2.24, 2.45) is 0 Å². The summed E-state index contributed by atoms with van der Waals surface area (Å²) >= 11 is 0. The van der Waals surface area contributed by atoms with Crippen LogP contribution in [0.25, 0.3) is 0 Å². The number of hydrogen-bond donors (Lipinski definition) is 3. The van der Waals surface area contributed by atoms with Crippen molar-refractivity contribution in [3.63, 3.8) is 0 Å². The molecule has 0 amide bonds. The van der Waals surface area contributed by atoms with Gasteiger partial charge < -0.3 is 20.1 Å². The lowest BCUT2D eigenvalue weighted by molar-refractivity contribution is 0.0196. The van der Waals surface area contributed by atoms with E-state index >= 15 is 0 Å². The van der Waals surface area contributed by atoms with Gasteiger partial charge in [0.2, 0.25) is 0 Å². The van der Waals surface area contributed by atoms with Crippen LogP contribution in [0, 0.1) is 11.6 Å². The van der Waals surface area contributed by atoms with E-state index in [4.69, 9.17) is 4.74 Å². The van der Waals surface area contributed by atoms with Crippen molar-refractivity contribution in [3.8, 4) is 17.2 Å². The lowest BCUT2D eigenvalue weighted by Crippen LogP contribution is -2.30. The molecule has 21 heavy (non-hydrogen) atoms. The molecule has 110 valence electrons. The summed E-state index contributed by atoms with van der Waals surface area (Å²) in [5.41, 5.74) is 0.633. The fraction of sp³-hybridized carbons (Fsp3) is 0.200. The lowest BCUT2D eigenvalue weighted by atomic mass is 9.94. The number of rotatable bonds is 1. The summed E-state index contributed by atoms with van der Waals surface area (Å²) in [6, 6.07) is 5.67. The van der Waals surface area contributed by atoms with Crippen LogP contribution in [0.15, 0.2) is 30.3 Å². The first-order valence-electron chi connectivity index (χ1n) is 6.30. The van der Waals surface area contributed by atoms with E-state index in [1.165, 1.54) is 12.1 Å². The third kappa shape index (κ3) is 2.38. The summed E-state index contributed by atoms with van der Waals surface area (Å²) in [6.45, 7) is 0. The van der Waals surface area contributed by atoms with Crippen LogP contribution in [0.4, 0.5) is 8.78 Å². The maximum atomic E-state index is 13.3. The number of phenols is 2. The van der Waals surface area contributed by atoms with Crippen LogP contribution in [0.3, 0.4) is 0 Å². The zero-order valence-corrected chi connectivity index (χ0v) is 10.8. The van der Waals surface area contributed by atoms with E-state index in [0.717, 1.165) is 18.2 Å². The molecule has 3 N–H and O–H groups in total. The number of halogens is 2. The van der Waals surface area contributed by atoms with E-state index in [1.54, 1.807) is 0 Å². The van der Waals surface area contributed by atoms with E-state index in [-0.39, 0.29) is 29.2 Å². The van der Waals surface area contributed by atoms with Crippen molar-refractivity contribution in [2.75, 3.05) is 0 Å². The van der Waals surface area contributed by atoms with Gasteiger partial charge >= 0.3 is 0 Å². The van der Waals surface area contributed by atoms with E-state index in [0.29, 0.717) is 5.56 Å². The van der Waals surface area contributed by atoms with E-state index in [1.807, 2.05) is 0 Å². The van der Waals surface area contributed by atoms with E-state index in [9.17, 15) is 24.1 Å². The molecule has 0 unspecified atom stereocenters. The van der Waals surface area contributed by atoms with Gasteiger partial charge in [-0.1, -0.05) is 6.07 Å². The van der Waals surface area contributed by atoms with Gasteiger partial charge in [0.25, 0.3) is 0 Å². The van der Waals surface area contributed by atoms with Crippen molar-refractivity contribution in [1.29, 1.82) is 0 Å². The smallest absolute Gasteiger partial charge is 0.159 e. The molecule has 0 spiro atoms. The van der Waals surface area contributed by atoms with Crippen LogP contribution in [-0.2, 0) is 6.42 Å². The lowest BCUT2D eigenvalue weighted by Gasteiger charge is -2.31. The topological polar surface area (TPSA) is 69.9 Å². The standard InChI is InChI=1S/C15H12F2O4/c16-10-2-1-7(3-11(10)17)15-13(20)6-9-12(19)4-8(18)5-14(9)21-15/h1-5,13,15,18-20H,6H2/t13-,15-/m1/s1. The van der Waals surface area contributed by atoms with Gasteiger partial charge in [-0.15, -0.1) is 0 Å². The summed E-state index contributed by atoms with van der Waals surface area (Å²) < 4.78 is 31.8. The maximum Gasteiger partial charge on any atom is 0.159 e. The number of aliphatic hydroxyl groups is 1. The number of hydrogen-bond acceptors (Lipinski definition) is 4. The Morgan fingerprint density at radius 3 is 2.52 bits per heavy atom. The fourth-order valence-electron chi connectivity index (χ4n) is 2.44. The first kappa shape index (κ1) is 13.6. The molecule has 1 heterocycles. The van der Waals surface area contributed by atoms with Crippen LogP contribution in [0.5, 0.6) is 17.2 Å². The molecule has 0 aromatic heterocycles. The molecule has 0 saturated heterocycles. The minimum Gasteiger partial charge on any atom is -0.508 e. The minimum absolute atomic E-state index is 0.0745. The first-order chi connectivity index (χ1) is 9.95. The van der Waals surface area contributed by atoms with Crippen LogP contribution in [-0.4, -0.2) is 21.4 Å². The highest BCUT2D eigenvalue weighted by Crippen LogP contribution is 2.41. The molecule has 1 aliphatic heterocycles. The molecule has 4 nitrogen and oxygen atoms in total. The third-order valence-corrected chi connectivity index (χ3v) is 3.46. The molecule has 0 saturated carbocycles. The van der Waals surface area contributed by atoms with Crippen molar-refractivity contribution in [2.45, 2.75) is 18.6 Å². The van der Waals surface area contributed by atoms with Gasteiger partial charge in [-0.3, -0.25) is 0 Å². The highest BCUT2D eigenvalue weighted by atomic mass is 19.2. The molecule has 2 aromatic carbocycles. The number of aromatic hydroxyl groups is 2. The van der Waals surface area contributed by atoms with Crippen molar-refractivity contribution < 1.29 is 28.8 Å². The molecule has 2 aromatic rings. The first-order valence-corrected chi connectivity index (χ1v) is 6.30. The quantitative estimate of drug-likeness (QED) is 0.755. The molecule has 0 radical (unpaired) electrons. The summed E-state index contributed by atoms with van der Waals surface area (Å²) in [5, 5.41) is 29.3. The monoisotopic (exact) mass is 294 g/mol. The SMILES string of the molecule is Oc1cc(O)c2c(c1)O[C@H](c1ccc(F)c(F)c1)[C@H](O)C2. The van der Waals surface area contributed by atoms with Crippen LogP contribution >= 0.6 is 0 Å². The molecule has 2 atom stereocenters. The third-order valence-electron chi connectivity index (χ3n) is 3.46. The fourth-order valence-corrected chi connectivity index (χ4v) is 2.44. The van der Waals surface area contributed by atoms with Gasteiger partial charge in [0, 0.05) is 24.1 Å². The molecule has 0 bridgehead atoms. The molecule has 3 rings (SSSR count). The Morgan fingerprint density at radius 1 is 1.05 bits per heavy atom. The Labute approximate surface area is 118 Å². The van der Waals surface area contributed by atoms with E-state index in [2.05, 4.69) is 0 Å². The Bertz CT molecular complexity index is 702. The summed E-state index contributed by atoms with van der Waals surface area (Å²) in [5.74, 6) is -2.19. The average Bonchev–Trinajstić information content (AvgIpc) is 2.42. The van der Waals surface area contributed by atoms with Gasteiger partial charge in [-0.25, -0.2) is 8.78 Å². The van der Waals surface area contributed by atoms with Gasteiger partial charge in [-0.2, -0.15) is 0 Å². The maximum absolute atomic E-state index is 13.3. The van der Waals surface area contributed by atoms with Crippen LogP contribution in [0.2, 0.25) is 0 Å². The minimum atomic E-state index is -1.03. The second kappa shape index (κ2) is 4.89. The zero-order chi connectivity index (χ0) is 15.1. The van der Waals surface area contributed by atoms with Gasteiger partial charge in [0.05, 0.1) is 6.10 Å². The molecule has 6 heteroatoms. The van der Waals surface area contributed by atoms with E-state index < -0.39 is 23.8 Å². The second-order valence-corrected chi connectivity index (χ2v) is 4.93. The van der Waals surface area contributed by atoms with Crippen molar-refractivity contribution >= 4 is 0 Å². The van der Waals surface area contributed by atoms with Crippen LogP contribution < -0.4 is 4.74 Å². The largest absolute Gasteiger partial charge is 0.508 e. The average molecular weight is 294 g/mol. The Kier molecular flexibility index (Phi) is 3.17. The summed E-state index contributed by atoms with van der Waals surface area (Å²) in [4.78, 5) is 0. The molecule has 0 fully saturated rings. The normalized spacial score (nSPS) is 20.7. The highest BCUT2D eigenvalue weighted by Gasteiger charge is 2.32. The number of benzene rings is 2. The van der Waals surface area contributed by atoms with Gasteiger partial charge in [0.15, 0.2) is 11.6 Å². The predicted molar refractivity (Wildman–Crippen MR) is 69.2 cm³/mol. The van der Waals surface area contributed by atoms with Crippen molar-refractivity contribution in [1.82, 2.24) is 0 Å². The molecular weight excluding hydrogens is 282 g/mol. The number of phenolic OH excluding ortho intramolecular Hbond substituents is 2. The Hall–Kier alpha value is -2.34. The molecule has 0 aliphatic carbocycles. The van der Waals surface area contributed by atoms with Gasteiger partial charge in [0.1, 0.15) is 23.4 Å². The second-order valence-electron chi connectivity index (χ2n) is 4.93. The van der Waals surface area contributed by atoms with Gasteiger partial charge in [-0.05, 0) is 17.7 Å². The highest BCUT2D eigenvalue weighted by molar-refractivity contribution is 5.51. The number of fused-ring (bicyclic) bond motifs is 1. The Balaban J connectivity index is 2.00.